The minimum Gasteiger partial charge on any atom is -0.494 e. The monoisotopic (exact) mass is 294 g/mol. The largest absolute Gasteiger partial charge is 0.494 e. The summed E-state index contributed by atoms with van der Waals surface area (Å²) in [4.78, 5) is 2.35. The van der Waals surface area contributed by atoms with E-state index in [2.05, 4.69) is 31.2 Å². The molecule has 2 rings (SSSR count). The van der Waals surface area contributed by atoms with Gasteiger partial charge in [-0.05, 0) is 51.6 Å². The van der Waals surface area contributed by atoms with Crippen molar-refractivity contribution in [2.45, 2.75) is 44.2 Å². The predicted molar refractivity (Wildman–Crippen MR) is 84.3 cm³/mol. The molecule has 0 aliphatic heterocycles. The number of methoxy groups -OCH3 is 1. The highest BCUT2D eigenvalue weighted by atomic mass is 19.1. The minimum atomic E-state index is -0.311. The van der Waals surface area contributed by atoms with Crippen molar-refractivity contribution in [1.82, 2.24) is 10.2 Å². The molecule has 1 aliphatic carbocycles. The maximum absolute atomic E-state index is 13.5. The molecule has 3 nitrogen and oxygen atoms in total. The number of ether oxygens (including phenoxy) is 1. The van der Waals surface area contributed by atoms with Crippen LogP contribution in [-0.2, 0) is 0 Å². The molecular weight excluding hydrogens is 267 g/mol. The highest BCUT2D eigenvalue weighted by Gasteiger charge is 2.35. The summed E-state index contributed by atoms with van der Waals surface area (Å²) in [6.07, 6.45) is 5.09. The molecule has 0 bridgehead atoms. The summed E-state index contributed by atoms with van der Waals surface area (Å²) in [6, 6.07) is 5.26. The van der Waals surface area contributed by atoms with Gasteiger partial charge in [-0.25, -0.2) is 4.39 Å². The van der Waals surface area contributed by atoms with E-state index in [0.29, 0.717) is 5.75 Å². The van der Waals surface area contributed by atoms with E-state index in [1.165, 1.54) is 38.9 Å². The van der Waals surface area contributed by atoms with Gasteiger partial charge in [-0.3, -0.25) is 0 Å². The van der Waals surface area contributed by atoms with Crippen molar-refractivity contribution in [3.63, 3.8) is 0 Å². The molecule has 4 heteroatoms. The summed E-state index contributed by atoms with van der Waals surface area (Å²) in [7, 11) is 5.83. The van der Waals surface area contributed by atoms with Crippen LogP contribution in [0.4, 0.5) is 4.39 Å². The fourth-order valence-corrected chi connectivity index (χ4v) is 3.22. The van der Waals surface area contributed by atoms with Gasteiger partial charge < -0.3 is 15.0 Å². The zero-order chi connectivity index (χ0) is 15.5. The molecule has 1 saturated carbocycles. The van der Waals surface area contributed by atoms with Gasteiger partial charge in [-0.1, -0.05) is 18.9 Å². The Hall–Kier alpha value is -1.13. The zero-order valence-corrected chi connectivity index (χ0v) is 13.6. The quantitative estimate of drug-likeness (QED) is 0.870. The molecule has 1 aromatic carbocycles. The average Bonchev–Trinajstić information content (AvgIpc) is 2.95. The number of nitrogens with one attached hydrogen (secondary N) is 1. The van der Waals surface area contributed by atoms with Gasteiger partial charge in [0.05, 0.1) is 7.11 Å². The van der Waals surface area contributed by atoms with E-state index in [1.807, 2.05) is 6.07 Å². The lowest BCUT2D eigenvalue weighted by atomic mass is 9.95. The molecule has 0 radical (unpaired) electrons. The molecule has 1 N–H and O–H groups in total. The summed E-state index contributed by atoms with van der Waals surface area (Å²) in [6.45, 7) is 3.08. The molecule has 0 heterocycles. The van der Waals surface area contributed by atoms with E-state index in [-0.39, 0.29) is 17.4 Å². The Morgan fingerprint density at radius 2 is 2.00 bits per heavy atom. The lowest BCUT2D eigenvalue weighted by molar-refractivity contribution is 0.150. The number of nitrogens with zero attached hydrogens (tertiary/aromatic N) is 1. The second-order valence-electron chi connectivity index (χ2n) is 6.32. The van der Waals surface area contributed by atoms with Crippen LogP contribution in [0.25, 0.3) is 0 Å². The standard InChI is InChI=1S/C17H27FN2O/c1-13(14-7-8-15(18)16(11-14)21-4)19-12-17(20(2)3)9-5-6-10-17/h7-8,11,13,19H,5-6,9-10,12H2,1-4H3. The van der Waals surface area contributed by atoms with E-state index in [9.17, 15) is 4.39 Å². The van der Waals surface area contributed by atoms with Crippen molar-refractivity contribution in [2.24, 2.45) is 0 Å². The van der Waals surface area contributed by atoms with Gasteiger partial charge in [0.1, 0.15) is 0 Å². The van der Waals surface area contributed by atoms with Crippen LogP contribution in [0.15, 0.2) is 18.2 Å². The first-order valence-electron chi connectivity index (χ1n) is 7.73. The molecule has 1 atom stereocenters. The van der Waals surface area contributed by atoms with Crippen molar-refractivity contribution in [2.75, 3.05) is 27.7 Å². The summed E-state index contributed by atoms with van der Waals surface area (Å²) in [5.74, 6) is -0.00153. The summed E-state index contributed by atoms with van der Waals surface area (Å²) >= 11 is 0. The van der Waals surface area contributed by atoms with Crippen LogP contribution in [-0.4, -0.2) is 38.2 Å². The van der Waals surface area contributed by atoms with E-state index >= 15 is 0 Å². The van der Waals surface area contributed by atoms with Crippen molar-refractivity contribution < 1.29 is 9.13 Å². The number of hydrogen-bond acceptors (Lipinski definition) is 3. The Labute approximate surface area is 127 Å². The lowest BCUT2D eigenvalue weighted by Crippen LogP contribution is -2.50. The van der Waals surface area contributed by atoms with Gasteiger partial charge in [0.2, 0.25) is 0 Å². The maximum Gasteiger partial charge on any atom is 0.165 e. The highest BCUT2D eigenvalue weighted by Crippen LogP contribution is 2.33. The molecule has 1 aliphatic rings. The fraction of sp³-hybridized carbons (Fsp3) is 0.647. The van der Waals surface area contributed by atoms with Gasteiger partial charge in [0.15, 0.2) is 11.6 Å². The van der Waals surface area contributed by atoms with Crippen LogP contribution in [0.3, 0.4) is 0 Å². The molecule has 118 valence electrons. The minimum absolute atomic E-state index is 0.178. The Kier molecular flexibility index (Phi) is 5.22. The molecule has 0 aromatic heterocycles. The zero-order valence-electron chi connectivity index (χ0n) is 13.6. The van der Waals surface area contributed by atoms with Crippen LogP contribution < -0.4 is 10.1 Å². The van der Waals surface area contributed by atoms with Crippen LogP contribution in [0.2, 0.25) is 0 Å². The van der Waals surface area contributed by atoms with Gasteiger partial charge in [-0.15, -0.1) is 0 Å². The first-order valence-corrected chi connectivity index (χ1v) is 7.73. The second kappa shape index (κ2) is 6.75. The molecule has 1 aromatic rings. The predicted octanol–water partition coefficient (Wildman–Crippen LogP) is 3.36. The van der Waals surface area contributed by atoms with Gasteiger partial charge in [0.25, 0.3) is 0 Å². The number of halogens is 1. The van der Waals surface area contributed by atoms with Crippen LogP contribution >= 0.6 is 0 Å². The molecule has 0 saturated heterocycles. The fourth-order valence-electron chi connectivity index (χ4n) is 3.22. The van der Waals surface area contributed by atoms with Crippen molar-refractivity contribution in [3.05, 3.63) is 29.6 Å². The van der Waals surface area contributed by atoms with E-state index in [1.54, 1.807) is 6.07 Å². The van der Waals surface area contributed by atoms with Gasteiger partial charge in [-0.2, -0.15) is 0 Å². The molecule has 21 heavy (non-hydrogen) atoms. The molecule has 1 unspecified atom stereocenters. The Morgan fingerprint density at radius 3 is 2.57 bits per heavy atom. The highest BCUT2D eigenvalue weighted by molar-refractivity contribution is 5.32. The maximum atomic E-state index is 13.5. The number of benzene rings is 1. The summed E-state index contributed by atoms with van der Waals surface area (Å²) in [5, 5.41) is 3.61. The number of hydrogen-bond donors (Lipinski definition) is 1. The van der Waals surface area contributed by atoms with E-state index < -0.39 is 0 Å². The Balaban J connectivity index is 2.02. The van der Waals surface area contributed by atoms with Crippen LogP contribution in [0.1, 0.15) is 44.2 Å². The third kappa shape index (κ3) is 3.55. The van der Waals surface area contributed by atoms with Gasteiger partial charge in [0, 0.05) is 18.1 Å². The third-order valence-electron chi connectivity index (χ3n) is 4.90. The van der Waals surface area contributed by atoms with Crippen LogP contribution in [0, 0.1) is 5.82 Å². The number of likely N-dealkylation sites (N-methyl/N-ethyl adjacent to an activating group) is 1. The second-order valence-corrected chi connectivity index (χ2v) is 6.32. The lowest BCUT2D eigenvalue weighted by Gasteiger charge is -2.37. The van der Waals surface area contributed by atoms with Crippen molar-refractivity contribution in [3.8, 4) is 5.75 Å². The topological polar surface area (TPSA) is 24.5 Å². The molecule has 0 spiro atoms. The van der Waals surface area contributed by atoms with E-state index in [4.69, 9.17) is 4.74 Å². The van der Waals surface area contributed by atoms with E-state index in [0.717, 1.165) is 12.1 Å². The molecule has 0 amide bonds. The normalized spacial score (nSPS) is 19.0. The van der Waals surface area contributed by atoms with Crippen molar-refractivity contribution in [1.29, 1.82) is 0 Å². The summed E-state index contributed by atoms with van der Waals surface area (Å²) < 4.78 is 18.5. The van der Waals surface area contributed by atoms with Crippen LogP contribution in [0.5, 0.6) is 5.75 Å². The number of rotatable bonds is 6. The molecule has 1 fully saturated rings. The summed E-state index contributed by atoms with van der Waals surface area (Å²) in [5.41, 5.74) is 1.32. The third-order valence-corrected chi connectivity index (χ3v) is 4.90. The van der Waals surface area contributed by atoms with Crippen molar-refractivity contribution >= 4 is 0 Å². The first kappa shape index (κ1) is 16.2. The van der Waals surface area contributed by atoms with Gasteiger partial charge >= 0.3 is 0 Å². The molecular formula is C17H27FN2O. The Bertz CT molecular complexity index is 470. The average molecular weight is 294 g/mol. The Morgan fingerprint density at radius 1 is 1.33 bits per heavy atom. The first-order chi connectivity index (χ1) is 9.98. The smallest absolute Gasteiger partial charge is 0.165 e. The SMILES string of the molecule is COc1cc(C(C)NCC2(N(C)C)CCCC2)ccc1F.